The van der Waals surface area contributed by atoms with Gasteiger partial charge in [0.1, 0.15) is 6.33 Å². The summed E-state index contributed by atoms with van der Waals surface area (Å²) < 4.78 is 1.62. The summed E-state index contributed by atoms with van der Waals surface area (Å²) in [6.07, 6.45) is 3.17. The van der Waals surface area contributed by atoms with Crippen LogP contribution in [0.15, 0.2) is 67.3 Å². The van der Waals surface area contributed by atoms with Crippen molar-refractivity contribution in [2.75, 3.05) is 5.32 Å². The third-order valence-corrected chi connectivity index (χ3v) is 4.28. The molecule has 0 saturated heterocycles. The number of H-pyrrole nitrogens is 1. The Morgan fingerprint density at radius 3 is 2.81 bits per heavy atom. The van der Waals surface area contributed by atoms with Crippen molar-refractivity contribution >= 4 is 28.3 Å². The number of amides is 1. The summed E-state index contributed by atoms with van der Waals surface area (Å²) in [5.41, 5.74) is 5.35. The van der Waals surface area contributed by atoms with Crippen LogP contribution in [0.4, 0.5) is 5.69 Å². The van der Waals surface area contributed by atoms with Crippen LogP contribution in [0.1, 0.15) is 10.4 Å². The largest absolute Gasteiger partial charge is 0.345 e. The molecule has 8 nitrogen and oxygen atoms in total. The highest BCUT2D eigenvalue weighted by Crippen LogP contribution is 2.20. The minimum atomic E-state index is -0.178. The van der Waals surface area contributed by atoms with E-state index in [0.29, 0.717) is 16.9 Å². The van der Waals surface area contributed by atoms with Gasteiger partial charge in [0.05, 0.1) is 23.1 Å². The summed E-state index contributed by atoms with van der Waals surface area (Å²) in [4.78, 5) is 19.6. The van der Waals surface area contributed by atoms with Gasteiger partial charge in [-0.3, -0.25) is 4.79 Å². The molecule has 0 atom stereocenters. The lowest BCUT2D eigenvalue weighted by atomic mass is 10.1. The third-order valence-electron chi connectivity index (χ3n) is 4.28. The highest BCUT2D eigenvalue weighted by molar-refractivity contribution is 6.05. The van der Waals surface area contributed by atoms with Crippen LogP contribution in [0.5, 0.6) is 0 Å². The zero-order valence-electron chi connectivity index (χ0n) is 14.0. The number of hydrogen-bond donors (Lipinski definition) is 2. The average Bonchev–Trinajstić information content (AvgIpc) is 3.36. The fourth-order valence-corrected chi connectivity index (χ4v) is 2.89. The molecule has 0 spiro atoms. The second-order valence-corrected chi connectivity index (χ2v) is 6.02. The van der Waals surface area contributed by atoms with Crippen LogP contribution < -0.4 is 5.32 Å². The molecule has 8 heteroatoms. The van der Waals surface area contributed by atoms with E-state index in [1.165, 1.54) is 0 Å². The van der Waals surface area contributed by atoms with Crippen LogP contribution in [-0.4, -0.2) is 35.7 Å². The molecule has 2 aromatic carbocycles. The smallest absolute Gasteiger partial charge is 0.255 e. The molecule has 0 fully saturated rings. The lowest BCUT2D eigenvalue weighted by Gasteiger charge is -2.07. The first-order valence-corrected chi connectivity index (χ1v) is 8.28. The van der Waals surface area contributed by atoms with Crippen molar-refractivity contribution in [1.29, 1.82) is 0 Å². The van der Waals surface area contributed by atoms with E-state index in [1.807, 2.05) is 42.5 Å². The van der Waals surface area contributed by atoms with Crippen LogP contribution in [0.2, 0.25) is 0 Å². The van der Waals surface area contributed by atoms with E-state index in [0.717, 1.165) is 22.3 Å². The molecular weight excluding hydrogens is 342 g/mol. The summed E-state index contributed by atoms with van der Waals surface area (Å²) in [5.74, 6) is -0.178. The molecular formula is C19H13N7O. The Morgan fingerprint density at radius 2 is 1.93 bits per heavy atom. The number of carbonyl (C=O) groups excluding carboxylic acids is 1. The van der Waals surface area contributed by atoms with E-state index >= 15 is 0 Å². The number of nitrogens with one attached hydrogen (secondary N) is 2. The average molecular weight is 355 g/mol. The molecule has 5 rings (SSSR count). The number of nitrogens with zero attached hydrogens (tertiary/aromatic N) is 5. The molecule has 0 radical (unpaired) electrons. The van der Waals surface area contributed by atoms with Gasteiger partial charge in [-0.05, 0) is 42.5 Å². The zero-order valence-corrected chi connectivity index (χ0v) is 14.0. The maximum atomic E-state index is 12.5. The van der Waals surface area contributed by atoms with E-state index in [1.54, 1.807) is 29.3 Å². The third kappa shape index (κ3) is 2.78. The van der Waals surface area contributed by atoms with Crippen LogP contribution in [0.25, 0.3) is 27.9 Å². The van der Waals surface area contributed by atoms with E-state index in [4.69, 9.17) is 0 Å². The second-order valence-electron chi connectivity index (χ2n) is 6.02. The number of aromatic nitrogens is 6. The molecule has 0 aliphatic carbocycles. The number of carbonyl (C=O) groups is 1. The number of imidazole rings is 1. The quantitative estimate of drug-likeness (QED) is 0.518. The lowest BCUT2D eigenvalue weighted by molar-refractivity contribution is 0.102. The Hall–Kier alpha value is -4.07. The Labute approximate surface area is 152 Å². The first-order valence-electron chi connectivity index (χ1n) is 8.28. The number of aromatic amines is 1. The molecule has 3 aromatic heterocycles. The van der Waals surface area contributed by atoms with E-state index < -0.39 is 0 Å². The van der Waals surface area contributed by atoms with Crippen molar-refractivity contribution in [3.63, 3.8) is 0 Å². The number of fused-ring (bicyclic) bond motifs is 2. The number of rotatable bonds is 3. The highest BCUT2D eigenvalue weighted by atomic mass is 16.1. The summed E-state index contributed by atoms with van der Waals surface area (Å²) in [6, 6.07) is 16.6. The van der Waals surface area contributed by atoms with Crippen molar-refractivity contribution in [3.05, 3.63) is 72.8 Å². The molecule has 27 heavy (non-hydrogen) atoms. The summed E-state index contributed by atoms with van der Waals surface area (Å²) in [7, 11) is 0. The normalized spacial score (nSPS) is 11.1. The summed E-state index contributed by atoms with van der Waals surface area (Å²) in [5, 5.41) is 15.1. The van der Waals surface area contributed by atoms with Crippen LogP contribution in [0, 0.1) is 0 Å². The monoisotopic (exact) mass is 355 g/mol. The van der Waals surface area contributed by atoms with Gasteiger partial charge in [-0.25, -0.2) is 4.98 Å². The maximum absolute atomic E-state index is 12.5. The molecule has 2 N–H and O–H groups in total. The van der Waals surface area contributed by atoms with Crippen molar-refractivity contribution in [1.82, 2.24) is 29.8 Å². The molecule has 0 saturated carbocycles. The SMILES string of the molecule is O=C(Nc1ccc(-c2ccc3nncn3n2)cc1)c1ccc2nc[nH]c2c1. The fraction of sp³-hybridized carbons (Fsp3) is 0. The molecule has 130 valence electrons. The number of hydrogen-bond acceptors (Lipinski definition) is 5. The van der Waals surface area contributed by atoms with Crippen LogP contribution in [0.3, 0.4) is 0 Å². The molecule has 5 aromatic rings. The van der Waals surface area contributed by atoms with Gasteiger partial charge in [-0.1, -0.05) is 12.1 Å². The zero-order chi connectivity index (χ0) is 18.2. The first-order chi connectivity index (χ1) is 13.3. The molecule has 0 unspecified atom stereocenters. The van der Waals surface area contributed by atoms with E-state index in [9.17, 15) is 4.79 Å². The standard InChI is InChI=1S/C19H13N7O/c27-19(13-3-6-16-17(9-13)21-10-20-16)23-14-4-1-12(2-5-14)15-7-8-18-24-22-11-26(18)25-15/h1-11H,(H,20,21)(H,23,27). The molecule has 0 aliphatic heterocycles. The predicted octanol–water partition coefficient (Wildman–Crippen LogP) is 2.92. The van der Waals surface area contributed by atoms with Gasteiger partial charge in [0.25, 0.3) is 5.91 Å². The minimum absolute atomic E-state index is 0.178. The summed E-state index contributed by atoms with van der Waals surface area (Å²) in [6.45, 7) is 0. The first kappa shape index (κ1) is 15.2. The van der Waals surface area contributed by atoms with Gasteiger partial charge in [-0.15, -0.1) is 10.2 Å². The van der Waals surface area contributed by atoms with Gasteiger partial charge in [0, 0.05) is 16.8 Å². The Balaban J connectivity index is 1.37. The topological polar surface area (TPSA) is 101 Å². The van der Waals surface area contributed by atoms with Crippen LogP contribution in [-0.2, 0) is 0 Å². The minimum Gasteiger partial charge on any atom is -0.345 e. The van der Waals surface area contributed by atoms with Gasteiger partial charge >= 0.3 is 0 Å². The number of benzene rings is 2. The Kier molecular flexibility index (Phi) is 3.39. The highest BCUT2D eigenvalue weighted by Gasteiger charge is 2.09. The summed E-state index contributed by atoms with van der Waals surface area (Å²) >= 11 is 0. The van der Waals surface area contributed by atoms with Crippen molar-refractivity contribution in [2.45, 2.75) is 0 Å². The van der Waals surface area contributed by atoms with E-state index in [2.05, 4.69) is 30.6 Å². The van der Waals surface area contributed by atoms with Gasteiger partial charge < -0.3 is 10.3 Å². The lowest BCUT2D eigenvalue weighted by Crippen LogP contribution is -2.11. The predicted molar refractivity (Wildman–Crippen MR) is 100 cm³/mol. The molecule has 0 bridgehead atoms. The molecule has 0 aliphatic rings. The number of anilines is 1. The van der Waals surface area contributed by atoms with Crippen molar-refractivity contribution in [2.24, 2.45) is 0 Å². The molecule has 1 amide bonds. The van der Waals surface area contributed by atoms with Gasteiger partial charge in [-0.2, -0.15) is 9.61 Å². The maximum Gasteiger partial charge on any atom is 0.255 e. The second kappa shape index (κ2) is 6.03. The van der Waals surface area contributed by atoms with Gasteiger partial charge in [0.2, 0.25) is 0 Å². The fourth-order valence-electron chi connectivity index (χ4n) is 2.89. The molecule has 3 heterocycles. The van der Waals surface area contributed by atoms with Crippen LogP contribution >= 0.6 is 0 Å². The Bertz CT molecular complexity index is 1270. The van der Waals surface area contributed by atoms with Crippen molar-refractivity contribution < 1.29 is 4.79 Å². The van der Waals surface area contributed by atoms with E-state index in [-0.39, 0.29) is 5.91 Å². The Morgan fingerprint density at radius 1 is 1.04 bits per heavy atom. The van der Waals surface area contributed by atoms with Gasteiger partial charge in [0.15, 0.2) is 5.65 Å². The van der Waals surface area contributed by atoms with Crippen molar-refractivity contribution in [3.8, 4) is 11.3 Å².